The monoisotopic (exact) mass is 255 g/mol. The van der Waals surface area contributed by atoms with Gasteiger partial charge in [-0.15, -0.1) is 0 Å². The van der Waals surface area contributed by atoms with Crippen LogP contribution in [0.5, 0.6) is 0 Å². The molecule has 100 valence electrons. The van der Waals surface area contributed by atoms with E-state index in [1.807, 2.05) is 6.20 Å². The molecule has 0 spiro atoms. The Kier molecular flexibility index (Phi) is 2.96. The van der Waals surface area contributed by atoms with E-state index in [0.29, 0.717) is 5.78 Å². The van der Waals surface area contributed by atoms with Crippen LogP contribution in [-0.2, 0) is 0 Å². The fourth-order valence-corrected chi connectivity index (χ4v) is 3.50. The summed E-state index contributed by atoms with van der Waals surface area (Å²) in [5.41, 5.74) is 3.07. The van der Waals surface area contributed by atoms with E-state index in [9.17, 15) is 4.79 Å². The number of hydrogen-bond acceptors (Lipinski definition) is 1. The number of rotatable bonds is 3. The van der Waals surface area contributed by atoms with Gasteiger partial charge in [-0.1, -0.05) is 31.4 Å². The van der Waals surface area contributed by atoms with E-state index >= 15 is 0 Å². The van der Waals surface area contributed by atoms with Crippen molar-refractivity contribution in [2.75, 3.05) is 0 Å². The van der Waals surface area contributed by atoms with Crippen LogP contribution in [0.3, 0.4) is 0 Å². The van der Waals surface area contributed by atoms with Gasteiger partial charge in [0.25, 0.3) is 0 Å². The van der Waals surface area contributed by atoms with Gasteiger partial charge in [-0.25, -0.2) is 0 Å². The Labute approximate surface area is 114 Å². The minimum atomic E-state index is -0.0983. The zero-order chi connectivity index (χ0) is 13.5. The van der Waals surface area contributed by atoms with Gasteiger partial charge in [-0.05, 0) is 38.3 Å². The maximum absolute atomic E-state index is 13.0. The lowest BCUT2D eigenvalue weighted by Crippen LogP contribution is -2.27. The summed E-state index contributed by atoms with van der Waals surface area (Å²) in [6, 6.07) is 6.27. The van der Waals surface area contributed by atoms with Crippen LogP contribution in [0.15, 0.2) is 24.4 Å². The van der Waals surface area contributed by atoms with E-state index in [0.717, 1.165) is 35.7 Å². The number of fused-ring (bicyclic) bond motifs is 1. The molecule has 19 heavy (non-hydrogen) atoms. The molecule has 0 atom stereocenters. The highest BCUT2D eigenvalue weighted by atomic mass is 16.1. The molecule has 3 rings (SSSR count). The number of carbonyl (C=O) groups excluding carboxylic acids is 1. The number of carbonyl (C=O) groups is 1. The third-order valence-electron chi connectivity index (χ3n) is 4.80. The van der Waals surface area contributed by atoms with Gasteiger partial charge in [0.1, 0.15) is 0 Å². The highest BCUT2D eigenvalue weighted by Crippen LogP contribution is 2.44. The van der Waals surface area contributed by atoms with Gasteiger partial charge in [-0.2, -0.15) is 0 Å². The molecule has 1 aromatic heterocycles. The van der Waals surface area contributed by atoms with Crippen LogP contribution in [-0.4, -0.2) is 10.8 Å². The van der Waals surface area contributed by atoms with Gasteiger partial charge in [0.15, 0.2) is 5.78 Å². The van der Waals surface area contributed by atoms with E-state index in [1.54, 1.807) is 0 Å². The second kappa shape index (κ2) is 4.52. The van der Waals surface area contributed by atoms with Crippen LogP contribution in [0.1, 0.15) is 54.9 Å². The first-order valence-electron chi connectivity index (χ1n) is 7.29. The number of hydrogen-bond donors (Lipinski definition) is 1. The highest BCUT2D eigenvalue weighted by molar-refractivity contribution is 6.10. The van der Waals surface area contributed by atoms with Crippen LogP contribution in [0.4, 0.5) is 0 Å². The highest BCUT2D eigenvalue weighted by Gasteiger charge is 2.40. The molecule has 0 amide bonds. The van der Waals surface area contributed by atoms with Gasteiger partial charge in [0.05, 0.1) is 0 Å². The fourth-order valence-electron chi connectivity index (χ4n) is 3.50. The molecular weight excluding hydrogens is 234 g/mol. The van der Waals surface area contributed by atoms with Crippen molar-refractivity contribution in [2.24, 2.45) is 5.41 Å². The molecule has 1 aliphatic rings. The van der Waals surface area contributed by atoms with Gasteiger partial charge >= 0.3 is 0 Å². The number of nitrogens with one attached hydrogen (secondary N) is 1. The molecule has 2 aromatic rings. The SMILES string of the molecule is CCC1(C(=O)c2c[nH]c3ccc(C)cc23)CCCC1. The third-order valence-corrected chi connectivity index (χ3v) is 4.80. The second-order valence-corrected chi connectivity index (χ2v) is 5.92. The fraction of sp³-hybridized carbons (Fsp3) is 0.471. The topological polar surface area (TPSA) is 32.9 Å². The van der Waals surface area contributed by atoms with Crippen LogP contribution in [0.25, 0.3) is 10.9 Å². The van der Waals surface area contributed by atoms with Crippen LogP contribution in [0, 0.1) is 12.3 Å². The molecule has 1 aliphatic carbocycles. The predicted molar refractivity (Wildman–Crippen MR) is 78.6 cm³/mol. The molecule has 2 nitrogen and oxygen atoms in total. The van der Waals surface area contributed by atoms with Gasteiger partial charge in [0, 0.05) is 28.1 Å². The summed E-state index contributed by atoms with van der Waals surface area (Å²) in [5, 5.41) is 1.09. The summed E-state index contributed by atoms with van der Waals surface area (Å²) >= 11 is 0. The Balaban J connectivity index is 2.08. The standard InChI is InChI=1S/C17H21NO/c1-3-17(8-4-5-9-17)16(19)14-11-18-15-7-6-12(2)10-13(14)15/h6-7,10-11,18H,3-5,8-9H2,1-2H3. The molecule has 0 aliphatic heterocycles. The molecule has 1 N–H and O–H groups in total. The molecule has 1 aromatic carbocycles. The summed E-state index contributed by atoms with van der Waals surface area (Å²) in [4.78, 5) is 16.2. The minimum Gasteiger partial charge on any atom is -0.360 e. The maximum atomic E-state index is 13.0. The van der Waals surface area contributed by atoms with Crippen molar-refractivity contribution in [3.63, 3.8) is 0 Å². The first-order chi connectivity index (χ1) is 9.16. The number of ketones is 1. The maximum Gasteiger partial charge on any atom is 0.171 e. The van der Waals surface area contributed by atoms with Gasteiger partial charge in [-0.3, -0.25) is 4.79 Å². The summed E-state index contributed by atoms with van der Waals surface area (Å²) < 4.78 is 0. The van der Waals surface area contributed by atoms with Crippen molar-refractivity contribution in [3.05, 3.63) is 35.5 Å². The zero-order valence-electron chi connectivity index (χ0n) is 11.8. The molecule has 0 bridgehead atoms. The summed E-state index contributed by atoms with van der Waals surface area (Å²) in [6.07, 6.45) is 7.37. The molecule has 1 saturated carbocycles. The van der Waals surface area contributed by atoms with Crippen molar-refractivity contribution in [1.29, 1.82) is 0 Å². The zero-order valence-corrected chi connectivity index (χ0v) is 11.8. The quantitative estimate of drug-likeness (QED) is 0.797. The van der Waals surface area contributed by atoms with Crippen molar-refractivity contribution >= 4 is 16.7 Å². The van der Waals surface area contributed by atoms with Crippen molar-refractivity contribution in [1.82, 2.24) is 4.98 Å². The largest absolute Gasteiger partial charge is 0.360 e. The summed E-state index contributed by atoms with van der Waals surface area (Å²) in [7, 11) is 0. The lowest BCUT2D eigenvalue weighted by Gasteiger charge is -2.25. The Morgan fingerprint density at radius 2 is 2.05 bits per heavy atom. The predicted octanol–water partition coefficient (Wildman–Crippen LogP) is 4.63. The van der Waals surface area contributed by atoms with Crippen molar-refractivity contribution in [3.8, 4) is 0 Å². The van der Waals surface area contributed by atoms with E-state index in [2.05, 4.69) is 37.0 Å². The van der Waals surface area contributed by atoms with E-state index in [4.69, 9.17) is 0 Å². The lowest BCUT2D eigenvalue weighted by atomic mass is 9.76. The molecule has 0 radical (unpaired) electrons. The summed E-state index contributed by atoms with van der Waals surface area (Å²) in [5.74, 6) is 0.351. The van der Waals surface area contributed by atoms with E-state index in [-0.39, 0.29) is 5.41 Å². The number of aromatic amines is 1. The molecule has 2 heteroatoms. The Morgan fingerprint density at radius 1 is 1.32 bits per heavy atom. The van der Waals surface area contributed by atoms with Crippen LogP contribution in [0.2, 0.25) is 0 Å². The first kappa shape index (κ1) is 12.5. The average molecular weight is 255 g/mol. The van der Waals surface area contributed by atoms with E-state index in [1.165, 1.54) is 18.4 Å². The Bertz CT molecular complexity index is 617. The number of Topliss-reactive ketones (excluding diaryl/α,β-unsaturated/α-hetero) is 1. The molecular formula is C17H21NO. The molecule has 1 heterocycles. The average Bonchev–Trinajstić information content (AvgIpc) is 3.05. The Morgan fingerprint density at radius 3 is 2.74 bits per heavy atom. The lowest BCUT2D eigenvalue weighted by molar-refractivity contribution is 0.0793. The van der Waals surface area contributed by atoms with E-state index < -0.39 is 0 Å². The molecule has 0 saturated heterocycles. The molecule has 0 unspecified atom stereocenters. The first-order valence-corrected chi connectivity index (χ1v) is 7.29. The van der Waals surface area contributed by atoms with Crippen LogP contribution < -0.4 is 0 Å². The van der Waals surface area contributed by atoms with Gasteiger partial charge < -0.3 is 4.98 Å². The van der Waals surface area contributed by atoms with Crippen LogP contribution >= 0.6 is 0 Å². The minimum absolute atomic E-state index is 0.0983. The molecule has 1 fully saturated rings. The number of benzene rings is 1. The third kappa shape index (κ3) is 1.90. The van der Waals surface area contributed by atoms with Gasteiger partial charge in [0.2, 0.25) is 0 Å². The number of aromatic nitrogens is 1. The Hall–Kier alpha value is -1.57. The summed E-state index contributed by atoms with van der Waals surface area (Å²) in [6.45, 7) is 4.23. The normalized spacial score (nSPS) is 18.0. The number of aryl methyl sites for hydroxylation is 1. The smallest absolute Gasteiger partial charge is 0.171 e. The second-order valence-electron chi connectivity index (χ2n) is 5.92. The van der Waals surface area contributed by atoms with Crippen molar-refractivity contribution in [2.45, 2.75) is 46.0 Å². The number of H-pyrrole nitrogens is 1. The van der Waals surface area contributed by atoms with Crippen molar-refractivity contribution < 1.29 is 4.79 Å².